The topological polar surface area (TPSA) is 89.5 Å². The summed E-state index contributed by atoms with van der Waals surface area (Å²) in [5.74, 6) is 0. The van der Waals surface area contributed by atoms with Gasteiger partial charge in [0.25, 0.3) is 0 Å². The van der Waals surface area contributed by atoms with Crippen molar-refractivity contribution >= 4 is 12.1 Å². The molecule has 1 heterocycles. The van der Waals surface area contributed by atoms with Crippen molar-refractivity contribution in [3.8, 4) is 0 Å². The molecule has 0 saturated carbocycles. The first-order valence-corrected chi connectivity index (χ1v) is 5.04. The summed E-state index contributed by atoms with van der Waals surface area (Å²) in [6.45, 7) is 0. The number of carbonyl (C=O) groups is 2. The van der Waals surface area contributed by atoms with E-state index in [1.54, 1.807) is 0 Å². The van der Waals surface area contributed by atoms with E-state index in [1.807, 2.05) is 0 Å². The molecule has 100 valence electrons. The number of carbonyl (C=O) groups excluding carboxylic acids is 2. The van der Waals surface area contributed by atoms with E-state index in [9.17, 15) is 19.2 Å². The van der Waals surface area contributed by atoms with Crippen LogP contribution in [0, 0.1) is 0 Å². The van der Waals surface area contributed by atoms with Crippen molar-refractivity contribution in [2.24, 2.45) is 7.05 Å². The van der Waals surface area contributed by atoms with E-state index < -0.39 is 23.4 Å². The summed E-state index contributed by atoms with van der Waals surface area (Å²) in [6.07, 6.45) is 0. The Morgan fingerprint density at radius 2 is 1.11 bits per heavy atom. The molecule has 0 aromatic carbocycles. The second kappa shape index (κ2) is 4.51. The van der Waals surface area contributed by atoms with Gasteiger partial charge in [0.2, 0.25) is 0 Å². The van der Waals surface area contributed by atoms with Gasteiger partial charge in [-0.2, -0.15) is 0 Å². The molecule has 9 nitrogen and oxygen atoms in total. The van der Waals surface area contributed by atoms with Crippen LogP contribution < -0.4 is 11.4 Å². The third kappa shape index (κ3) is 1.94. The fraction of sp³-hybridized carbons (Fsp3) is 0.556. The van der Waals surface area contributed by atoms with Gasteiger partial charge in [-0.25, -0.2) is 23.7 Å². The lowest BCUT2D eigenvalue weighted by atomic mass is 10.8. The van der Waals surface area contributed by atoms with Gasteiger partial charge in [0.05, 0.1) is 0 Å². The molecule has 1 rings (SSSR count). The first-order valence-electron chi connectivity index (χ1n) is 5.04. The number of hydrogen-bond donors (Lipinski definition) is 0. The molecule has 0 aliphatic rings. The first kappa shape index (κ1) is 13.7. The predicted molar refractivity (Wildman–Crippen MR) is 62.9 cm³/mol. The maximum absolute atomic E-state index is 11.8. The predicted octanol–water partition coefficient (Wildman–Crippen LogP) is -1.59. The van der Waals surface area contributed by atoms with Gasteiger partial charge in [0.15, 0.2) is 0 Å². The molecular weight excluding hydrogens is 242 g/mol. The van der Waals surface area contributed by atoms with Crippen molar-refractivity contribution in [3.63, 3.8) is 0 Å². The van der Waals surface area contributed by atoms with Gasteiger partial charge in [-0.05, 0) is 0 Å². The fourth-order valence-electron chi connectivity index (χ4n) is 1.25. The molecule has 0 spiro atoms. The minimum Gasteiger partial charge on any atom is -0.329 e. The van der Waals surface area contributed by atoms with E-state index in [2.05, 4.69) is 0 Å². The van der Waals surface area contributed by atoms with E-state index in [-0.39, 0.29) is 0 Å². The van der Waals surface area contributed by atoms with Gasteiger partial charge in [-0.1, -0.05) is 0 Å². The van der Waals surface area contributed by atoms with Gasteiger partial charge >= 0.3 is 23.4 Å². The minimum absolute atomic E-state index is 0.505. The lowest BCUT2D eigenvalue weighted by Crippen LogP contribution is -2.44. The monoisotopic (exact) mass is 257 g/mol. The number of rotatable bonds is 0. The second-order valence-corrected chi connectivity index (χ2v) is 4.10. The summed E-state index contributed by atoms with van der Waals surface area (Å²) in [7, 11) is 6.85. The van der Waals surface area contributed by atoms with E-state index in [0.29, 0.717) is 13.9 Å². The highest BCUT2D eigenvalue weighted by molar-refractivity contribution is 5.81. The Labute approximate surface area is 102 Å². The highest BCUT2D eigenvalue weighted by atomic mass is 16.2. The average Bonchev–Trinajstić information content (AvgIpc) is 2.51. The Hall–Kier alpha value is -2.32. The van der Waals surface area contributed by atoms with Gasteiger partial charge in [0, 0.05) is 35.2 Å². The summed E-state index contributed by atoms with van der Waals surface area (Å²) in [4.78, 5) is 49.4. The van der Waals surface area contributed by atoms with E-state index in [1.165, 1.54) is 35.2 Å². The summed E-state index contributed by atoms with van der Waals surface area (Å²) in [5.41, 5.74) is -1.73. The summed E-state index contributed by atoms with van der Waals surface area (Å²) < 4.78 is 1.71. The number of nitrogens with zero attached hydrogens (tertiary/aromatic N) is 5. The van der Waals surface area contributed by atoms with Gasteiger partial charge in [0.1, 0.15) is 0 Å². The van der Waals surface area contributed by atoms with Crippen molar-refractivity contribution in [1.29, 1.82) is 0 Å². The van der Waals surface area contributed by atoms with Crippen LogP contribution in [0.25, 0.3) is 0 Å². The van der Waals surface area contributed by atoms with Crippen molar-refractivity contribution < 1.29 is 9.59 Å². The molecule has 0 radical (unpaired) electrons. The smallest absolute Gasteiger partial charge is 0.329 e. The van der Waals surface area contributed by atoms with E-state index in [4.69, 9.17) is 0 Å². The Morgan fingerprint density at radius 3 is 1.33 bits per heavy atom. The zero-order valence-corrected chi connectivity index (χ0v) is 10.9. The van der Waals surface area contributed by atoms with Crippen LogP contribution in [0.2, 0.25) is 0 Å². The van der Waals surface area contributed by atoms with Crippen molar-refractivity contribution in [3.05, 3.63) is 21.0 Å². The van der Waals surface area contributed by atoms with Gasteiger partial charge < -0.3 is 9.80 Å². The fourth-order valence-corrected chi connectivity index (χ4v) is 1.25. The molecule has 0 aliphatic heterocycles. The Kier molecular flexibility index (Phi) is 3.44. The molecule has 9 heteroatoms. The Balaban J connectivity index is 3.66. The molecule has 0 fully saturated rings. The number of amides is 2. The Morgan fingerprint density at radius 1 is 0.833 bits per heavy atom. The maximum Gasteiger partial charge on any atom is 0.356 e. The average molecular weight is 257 g/mol. The molecule has 0 saturated heterocycles. The second-order valence-electron chi connectivity index (χ2n) is 4.10. The largest absolute Gasteiger partial charge is 0.356 e. The minimum atomic E-state index is -0.867. The molecule has 0 bridgehead atoms. The zero-order chi connectivity index (χ0) is 14.2. The standard InChI is InChI=1S/C9H15N5O4/c1-10(2)6(15)13-8(17)12(5)9(18)14(13)7(16)11(3)4/h1-5H3. The van der Waals surface area contributed by atoms with Crippen LogP contribution in [-0.4, -0.2) is 64.0 Å². The van der Waals surface area contributed by atoms with Crippen LogP contribution in [0.5, 0.6) is 0 Å². The molecular formula is C9H15N5O4. The van der Waals surface area contributed by atoms with Crippen molar-refractivity contribution in [2.45, 2.75) is 0 Å². The van der Waals surface area contributed by atoms with Crippen LogP contribution in [-0.2, 0) is 7.05 Å². The van der Waals surface area contributed by atoms with Gasteiger partial charge in [-0.3, -0.25) is 0 Å². The summed E-state index contributed by atoms with van der Waals surface area (Å²) in [5, 5.41) is 0. The highest BCUT2D eigenvalue weighted by Gasteiger charge is 2.25. The quantitative estimate of drug-likeness (QED) is 0.560. The first-order chi connectivity index (χ1) is 8.20. The van der Waals surface area contributed by atoms with Crippen LogP contribution in [0.1, 0.15) is 0 Å². The number of hydrogen-bond acceptors (Lipinski definition) is 4. The molecule has 0 atom stereocenters. The lowest BCUT2D eigenvalue weighted by molar-refractivity contribution is 0.196. The molecule has 0 aliphatic carbocycles. The molecule has 0 unspecified atom stereocenters. The highest BCUT2D eigenvalue weighted by Crippen LogP contribution is 1.90. The van der Waals surface area contributed by atoms with Crippen LogP contribution >= 0.6 is 0 Å². The lowest BCUT2D eigenvalue weighted by Gasteiger charge is -2.15. The zero-order valence-electron chi connectivity index (χ0n) is 10.9. The van der Waals surface area contributed by atoms with Crippen molar-refractivity contribution in [2.75, 3.05) is 28.2 Å². The SMILES string of the molecule is CN(C)C(=O)n1c(=O)n(C)c(=O)n1C(=O)N(C)C. The normalized spacial score (nSPS) is 10.3. The molecule has 1 aromatic rings. The molecule has 0 N–H and O–H groups in total. The van der Waals surface area contributed by atoms with Crippen LogP contribution in [0.15, 0.2) is 9.59 Å². The molecule has 2 amide bonds. The summed E-state index contributed by atoms with van der Waals surface area (Å²) >= 11 is 0. The third-order valence-corrected chi connectivity index (χ3v) is 2.26. The maximum atomic E-state index is 11.8. The summed E-state index contributed by atoms with van der Waals surface area (Å²) in [6, 6.07) is -1.54. The molecule has 1 aromatic heterocycles. The van der Waals surface area contributed by atoms with Crippen LogP contribution in [0.3, 0.4) is 0 Å². The van der Waals surface area contributed by atoms with Crippen LogP contribution in [0.4, 0.5) is 9.59 Å². The van der Waals surface area contributed by atoms with E-state index in [0.717, 1.165) is 9.80 Å². The Bertz CT molecular complexity index is 552. The van der Waals surface area contributed by atoms with Gasteiger partial charge in [-0.15, -0.1) is 9.36 Å². The van der Waals surface area contributed by atoms with Crippen molar-refractivity contribution in [1.82, 2.24) is 23.7 Å². The van der Waals surface area contributed by atoms with E-state index >= 15 is 0 Å². The number of aromatic nitrogens is 3. The third-order valence-electron chi connectivity index (χ3n) is 2.26. The molecule has 18 heavy (non-hydrogen) atoms.